The molecule has 2 saturated heterocycles. The molecule has 0 aromatic heterocycles. The summed E-state index contributed by atoms with van der Waals surface area (Å²) >= 11 is 0. The molecule has 5 nitrogen and oxygen atoms in total. The number of piperidine rings is 1. The lowest BCUT2D eigenvalue weighted by atomic mass is 9.78. The predicted molar refractivity (Wildman–Crippen MR) is 71.7 cm³/mol. The lowest BCUT2D eigenvalue weighted by molar-refractivity contribution is -0.130. The van der Waals surface area contributed by atoms with Gasteiger partial charge in [-0.05, 0) is 38.1 Å². The summed E-state index contributed by atoms with van der Waals surface area (Å²) in [6.45, 7) is 2.56. The summed E-state index contributed by atoms with van der Waals surface area (Å²) in [5, 5.41) is 2.69. The van der Waals surface area contributed by atoms with Gasteiger partial charge in [0.05, 0.1) is 6.54 Å². The van der Waals surface area contributed by atoms with Gasteiger partial charge >= 0.3 is 6.03 Å². The maximum absolute atomic E-state index is 12.2. The van der Waals surface area contributed by atoms with Crippen molar-refractivity contribution >= 4 is 11.9 Å². The van der Waals surface area contributed by atoms with Gasteiger partial charge in [-0.1, -0.05) is 12.8 Å². The van der Waals surface area contributed by atoms with Crippen LogP contribution in [0.2, 0.25) is 0 Å². The van der Waals surface area contributed by atoms with Gasteiger partial charge in [0.15, 0.2) is 0 Å². The smallest absolute Gasteiger partial charge is 0.324 e. The molecule has 106 valence electrons. The Bertz CT molecular complexity index is 370. The van der Waals surface area contributed by atoms with Crippen molar-refractivity contribution < 1.29 is 9.59 Å². The Kier molecular flexibility index (Phi) is 3.73. The van der Waals surface area contributed by atoms with E-state index < -0.39 is 0 Å². The number of hydrogen-bond acceptors (Lipinski definition) is 3. The van der Waals surface area contributed by atoms with Crippen LogP contribution in [0.15, 0.2) is 0 Å². The summed E-state index contributed by atoms with van der Waals surface area (Å²) in [5.41, 5.74) is 0. The van der Waals surface area contributed by atoms with Crippen molar-refractivity contribution in [3.63, 3.8) is 0 Å². The minimum absolute atomic E-state index is 0.0266. The molecule has 19 heavy (non-hydrogen) atoms. The summed E-state index contributed by atoms with van der Waals surface area (Å²) < 4.78 is 0. The quantitative estimate of drug-likeness (QED) is 0.816. The van der Waals surface area contributed by atoms with Crippen molar-refractivity contribution in [2.75, 3.05) is 26.2 Å². The fourth-order valence-electron chi connectivity index (χ4n) is 3.89. The second-order valence-electron chi connectivity index (χ2n) is 6.00. The van der Waals surface area contributed by atoms with E-state index in [1.54, 1.807) is 0 Å². The highest BCUT2D eigenvalue weighted by Crippen LogP contribution is 2.35. The molecule has 2 heterocycles. The monoisotopic (exact) mass is 265 g/mol. The van der Waals surface area contributed by atoms with Gasteiger partial charge in [-0.15, -0.1) is 0 Å². The van der Waals surface area contributed by atoms with Crippen molar-refractivity contribution in [2.24, 2.45) is 5.92 Å². The van der Waals surface area contributed by atoms with Crippen molar-refractivity contribution in [1.82, 2.24) is 15.1 Å². The van der Waals surface area contributed by atoms with Gasteiger partial charge in [0, 0.05) is 19.1 Å². The number of nitrogens with zero attached hydrogens (tertiary/aromatic N) is 2. The molecule has 0 radical (unpaired) electrons. The Hall–Kier alpha value is -1.10. The van der Waals surface area contributed by atoms with Crippen LogP contribution in [0.5, 0.6) is 0 Å². The minimum Gasteiger partial charge on any atom is -0.336 e. The third kappa shape index (κ3) is 2.61. The van der Waals surface area contributed by atoms with Crippen molar-refractivity contribution in [3.8, 4) is 0 Å². The van der Waals surface area contributed by atoms with Gasteiger partial charge in [-0.3, -0.25) is 14.6 Å². The first kappa shape index (κ1) is 12.9. The van der Waals surface area contributed by atoms with E-state index in [2.05, 4.69) is 10.2 Å². The largest absolute Gasteiger partial charge is 0.336 e. The fourth-order valence-corrected chi connectivity index (χ4v) is 3.89. The Morgan fingerprint density at radius 3 is 2.74 bits per heavy atom. The zero-order valence-corrected chi connectivity index (χ0v) is 11.4. The first-order valence-electron chi connectivity index (χ1n) is 7.58. The van der Waals surface area contributed by atoms with Crippen LogP contribution < -0.4 is 5.32 Å². The SMILES string of the molecule is O=C(CN1CCC[C@H]2CCCC[C@H]21)N1CCNC1=O. The lowest BCUT2D eigenvalue weighted by Gasteiger charge is -2.44. The van der Waals surface area contributed by atoms with E-state index >= 15 is 0 Å². The Morgan fingerprint density at radius 2 is 1.95 bits per heavy atom. The Morgan fingerprint density at radius 1 is 1.16 bits per heavy atom. The van der Waals surface area contributed by atoms with E-state index in [4.69, 9.17) is 0 Å². The van der Waals surface area contributed by atoms with Gasteiger partial charge < -0.3 is 5.32 Å². The first-order chi connectivity index (χ1) is 9.25. The summed E-state index contributed by atoms with van der Waals surface area (Å²) in [5.74, 6) is 0.754. The van der Waals surface area contributed by atoms with Gasteiger partial charge in [-0.25, -0.2) is 4.79 Å². The molecule has 1 aliphatic carbocycles. The number of fused-ring (bicyclic) bond motifs is 1. The molecule has 0 bridgehead atoms. The third-order valence-electron chi connectivity index (χ3n) is 4.85. The highest BCUT2D eigenvalue weighted by molar-refractivity contribution is 5.96. The van der Waals surface area contributed by atoms with Crippen LogP contribution in [0, 0.1) is 5.92 Å². The molecule has 3 rings (SSSR count). The summed E-state index contributed by atoms with van der Waals surface area (Å²) in [6.07, 6.45) is 7.69. The number of rotatable bonds is 2. The molecule has 0 aromatic carbocycles. The number of nitrogens with one attached hydrogen (secondary N) is 1. The van der Waals surface area contributed by atoms with Crippen LogP contribution in [-0.4, -0.2) is 54.0 Å². The number of amides is 3. The minimum atomic E-state index is -0.220. The average Bonchev–Trinajstić information content (AvgIpc) is 2.85. The lowest BCUT2D eigenvalue weighted by Crippen LogP contribution is -2.51. The van der Waals surface area contributed by atoms with Crippen LogP contribution in [0.25, 0.3) is 0 Å². The van der Waals surface area contributed by atoms with E-state index in [1.165, 1.54) is 43.4 Å². The normalized spacial score (nSPS) is 32.0. The van der Waals surface area contributed by atoms with E-state index in [-0.39, 0.29) is 11.9 Å². The zero-order chi connectivity index (χ0) is 13.2. The predicted octanol–water partition coefficient (Wildman–Crippen LogP) is 1.19. The van der Waals surface area contributed by atoms with Gasteiger partial charge in [-0.2, -0.15) is 0 Å². The number of imide groups is 1. The van der Waals surface area contributed by atoms with E-state index in [0.717, 1.165) is 12.5 Å². The summed E-state index contributed by atoms with van der Waals surface area (Å²) in [6, 6.07) is 0.360. The molecule has 5 heteroatoms. The molecule has 0 unspecified atom stereocenters. The van der Waals surface area contributed by atoms with Gasteiger partial charge in [0.2, 0.25) is 5.91 Å². The fraction of sp³-hybridized carbons (Fsp3) is 0.857. The van der Waals surface area contributed by atoms with E-state index in [1.807, 2.05) is 0 Å². The zero-order valence-electron chi connectivity index (χ0n) is 11.4. The molecule has 0 aromatic rings. The average molecular weight is 265 g/mol. The summed E-state index contributed by atoms with van der Waals surface area (Å²) in [4.78, 5) is 27.4. The molecule has 0 spiro atoms. The highest BCUT2D eigenvalue weighted by atomic mass is 16.2. The molecule has 3 fully saturated rings. The topological polar surface area (TPSA) is 52.7 Å². The van der Waals surface area contributed by atoms with Crippen LogP contribution in [0.3, 0.4) is 0 Å². The number of carbonyl (C=O) groups is 2. The van der Waals surface area contributed by atoms with Crippen molar-refractivity contribution in [2.45, 2.75) is 44.6 Å². The maximum Gasteiger partial charge on any atom is 0.324 e. The van der Waals surface area contributed by atoms with Gasteiger partial charge in [0.25, 0.3) is 0 Å². The molecular formula is C14H23N3O2. The number of likely N-dealkylation sites (tertiary alicyclic amines) is 1. The van der Waals surface area contributed by atoms with Crippen molar-refractivity contribution in [1.29, 1.82) is 0 Å². The number of urea groups is 1. The van der Waals surface area contributed by atoms with E-state index in [9.17, 15) is 9.59 Å². The Balaban J connectivity index is 1.61. The molecule has 3 aliphatic rings. The molecule has 1 saturated carbocycles. The molecule has 3 amide bonds. The van der Waals surface area contributed by atoms with Crippen LogP contribution in [0.4, 0.5) is 4.79 Å². The van der Waals surface area contributed by atoms with Crippen LogP contribution in [-0.2, 0) is 4.79 Å². The molecular weight excluding hydrogens is 242 g/mol. The molecule has 1 N–H and O–H groups in total. The van der Waals surface area contributed by atoms with Crippen LogP contribution in [0.1, 0.15) is 38.5 Å². The number of hydrogen-bond donors (Lipinski definition) is 1. The van der Waals surface area contributed by atoms with Crippen LogP contribution >= 0.6 is 0 Å². The molecule has 2 atom stereocenters. The van der Waals surface area contributed by atoms with Crippen molar-refractivity contribution in [3.05, 3.63) is 0 Å². The second kappa shape index (κ2) is 5.49. The van der Waals surface area contributed by atoms with E-state index in [0.29, 0.717) is 25.7 Å². The Labute approximate surface area is 114 Å². The van der Waals surface area contributed by atoms with Gasteiger partial charge in [0.1, 0.15) is 0 Å². The standard InChI is InChI=1S/C14H23N3O2/c18-13(17-9-7-15-14(17)19)10-16-8-3-5-11-4-1-2-6-12(11)16/h11-12H,1-10H2,(H,15,19)/t11-,12-/m1/s1. The third-order valence-corrected chi connectivity index (χ3v) is 4.85. The highest BCUT2D eigenvalue weighted by Gasteiger charge is 2.35. The maximum atomic E-state index is 12.2. The summed E-state index contributed by atoms with van der Waals surface area (Å²) in [7, 11) is 0. The second-order valence-corrected chi connectivity index (χ2v) is 6.00. The molecule has 2 aliphatic heterocycles. The number of carbonyl (C=O) groups excluding carboxylic acids is 2. The first-order valence-corrected chi connectivity index (χ1v) is 7.58.